The second-order valence-corrected chi connectivity index (χ2v) is 7.95. The zero-order chi connectivity index (χ0) is 20.7. The van der Waals surface area contributed by atoms with Gasteiger partial charge in [0.25, 0.3) is 0 Å². The van der Waals surface area contributed by atoms with Crippen LogP contribution in [0.15, 0.2) is 53.4 Å². The predicted octanol–water partition coefficient (Wildman–Crippen LogP) is 4.62. The molecule has 4 nitrogen and oxygen atoms in total. The van der Waals surface area contributed by atoms with E-state index >= 15 is 0 Å². The average molecular weight is 442 g/mol. The van der Waals surface area contributed by atoms with Gasteiger partial charge in [0.1, 0.15) is 0 Å². The van der Waals surface area contributed by atoms with E-state index in [4.69, 9.17) is 17.0 Å². The minimum atomic E-state index is -4.42. The van der Waals surface area contributed by atoms with Gasteiger partial charge in [-0.25, -0.2) is 0 Å². The lowest BCUT2D eigenvalue weighted by atomic mass is 10.1. The number of nitrogens with zero attached hydrogens (tertiary/aromatic N) is 1. The Morgan fingerprint density at radius 1 is 1.10 bits per heavy atom. The van der Waals surface area contributed by atoms with Gasteiger partial charge >= 0.3 is 6.18 Å². The molecule has 0 unspecified atom stereocenters. The molecule has 156 valence electrons. The highest BCUT2D eigenvalue weighted by Crippen LogP contribution is 2.35. The van der Waals surface area contributed by atoms with E-state index in [1.165, 1.54) is 6.07 Å². The highest BCUT2D eigenvalue weighted by molar-refractivity contribution is 7.99. The number of benzene rings is 2. The van der Waals surface area contributed by atoms with Crippen LogP contribution in [0.1, 0.15) is 5.56 Å². The summed E-state index contributed by atoms with van der Waals surface area (Å²) in [5.41, 5.74) is 0.318. The molecule has 1 aliphatic heterocycles. The minimum Gasteiger partial charge on any atom is -0.378 e. The molecule has 2 aromatic carbocycles. The van der Waals surface area contributed by atoms with Gasteiger partial charge in [-0.05, 0) is 42.5 Å². The summed E-state index contributed by atoms with van der Waals surface area (Å²) in [6, 6.07) is 13.7. The summed E-state index contributed by atoms with van der Waals surface area (Å²) in [6.45, 7) is 2.92. The van der Waals surface area contributed by atoms with Crippen LogP contribution in [0.5, 0.6) is 0 Å². The van der Waals surface area contributed by atoms with E-state index in [0.29, 0.717) is 49.3 Å². The normalized spacial score (nSPS) is 14.5. The Morgan fingerprint density at radius 2 is 1.83 bits per heavy atom. The number of thioether (sulfide) groups is 1. The number of morpholine rings is 1. The number of thiocarbonyl (C=S) groups is 1. The third-order valence-electron chi connectivity index (χ3n) is 4.32. The van der Waals surface area contributed by atoms with Crippen molar-refractivity contribution in [3.63, 3.8) is 0 Å². The first kappa shape index (κ1) is 21.7. The molecule has 0 aromatic heterocycles. The molecule has 0 saturated carbocycles. The van der Waals surface area contributed by atoms with Gasteiger partial charge in [0.15, 0.2) is 5.11 Å². The highest BCUT2D eigenvalue weighted by atomic mass is 32.2. The second kappa shape index (κ2) is 10.2. The first-order valence-electron chi connectivity index (χ1n) is 9.20. The Bertz CT molecular complexity index is 812. The fourth-order valence-electron chi connectivity index (χ4n) is 2.91. The van der Waals surface area contributed by atoms with Gasteiger partial charge in [-0.2, -0.15) is 13.2 Å². The smallest absolute Gasteiger partial charge is 0.378 e. The summed E-state index contributed by atoms with van der Waals surface area (Å²) < 4.78 is 44.9. The Balaban J connectivity index is 1.62. The molecule has 1 heterocycles. The SMILES string of the molecule is FC(F)(F)c1ccc(N2CCOCC2)c(NC(=S)NCCSc2ccccc2)c1. The molecule has 0 amide bonds. The zero-order valence-corrected chi connectivity index (χ0v) is 17.3. The van der Waals surface area contributed by atoms with E-state index in [2.05, 4.69) is 10.6 Å². The Labute approximate surface area is 177 Å². The molecule has 1 aliphatic rings. The number of alkyl halides is 3. The molecule has 2 aromatic rings. The van der Waals surface area contributed by atoms with Gasteiger partial charge in [0.05, 0.1) is 30.2 Å². The first-order valence-corrected chi connectivity index (χ1v) is 10.6. The topological polar surface area (TPSA) is 36.5 Å². The van der Waals surface area contributed by atoms with Crippen LogP contribution in [0.25, 0.3) is 0 Å². The summed E-state index contributed by atoms with van der Waals surface area (Å²) in [4.78, 5) is 3.15. The standard InChI is InChI=1S/C20H22F3N3OS2/c21-20(22,23)15-6-7-18(26-9-11-27-12-10-26)17(14-15)25-19(28)24-8-13-29-16-4-2-1-3-5-16/h1-7,14H,8-13H2,(H2,24,25,28). The van der Waals surface area contributed by atoms with Crippen molar-refractivity contribution in [3.8, 4) is 0 Å². The Kier molecular flexibility index (Phi) is 7.63. The molecule has 1 fully saturated rings. The second-order valence-electron chi connectivity index (χ2n) is 6.37. The maximum Gasteiger partial charge on any atom is 0.416 e. The van der Waals surface area contributed by atoms with E-state index in [1.54, 1.807) is 11.8 Å². The number of nitrogens with one attached hydrogen (secondary N) is 2. The van der Waals surface area contributed by atoms with Crippen LogP contribution in [0, 0.1) is 0 Å². The van der Waals surface area contributed by atoms with Crippen LogP contribution < -0.4 is 15.5 Å². The molecule has 0 aliphatic carbocycles. The van der Waals surface area contributed by atoms with E-state index < -0.39 is 11.7 Å². The lowest BCUT2D eigenvalue weighted by molar-refractivity contribution is -0.137. The Hall–Kier alpha value is -1.97. The number of halogens is 3. The first-order chi connectivity index (χ1) is 13.9. The molecule has 0 bridgehead atoms. The molecule has 0 radical (unpaired) electrons. The third-order valence-corrected chi connectivity index (χ3v) is 5.58. The molecule has 29 heavy (non-hydrogen) atoms. The summed E-state index contributed by atoms with van der Waals surface area (Å²) in [7, 11) is 0. The van der Waals surface area contributed by atoms with Gasteiger partial charge in [-0.1, -0.05) is 18.2 Å². The van der Waals surface area contributed by atoms with Gasteiger partial charge in [-0.3, -0.25) is 0 Å². The van der Waals surface area contributed by atoms with Gasteiger partial charge in [-0.15, -0.1) is 11.8 Å². The van der Waals surface area contributed by atoms with Crippen molar-refractivity contribution in [3.05, 3.63) is 54.1 Å². The van der Waals surface area contributed by atoms with E-state index in [0.717, 1.165) is 22.8 Å². The molecule has 0 spiro atoms. The maximum atomic E-state index is 13.2. The molecule has 0 atom stereocenters. The number of hydrogen-bond donors (Lipinski definition) is 2. The summed E-state index contributed by atoms with van der Waals surface area (Å²) in [5, 5.41) is 6.31. The van der Waals surface area contributed by atoms with Gasteiger partial charge < -0.3 is 20.3 Å². The fraction of sp³-hybridized carbons (Fsp3) is 0.350. The van der Waals surface area contributed by atoms with Crippen molar-refractivity contribution in [2.75, 3.05) is 48.8 Å². The Morgan fingerprint density at radius 3 is 2.52 bits per heavy atom. The average Bonchev–Trinajstić information content (AvgIpc) is 2.72. The molecule has 1 saturated heterocycles. The lowest BCUT2D eigenvalue weighted by Crippen LogP contribution is -2.37. The molecule has 3 rings (SSSR count). The fourth-order valence-corrected chi connectivity index (χ4v) is 3.91. The van der Waals surface area contributed by atoms with E-state index in [1.807, 2.05) is 35.2 Å². The lowest BCUT2D eigenvalue weighted by Gasteiger charge is -2.31. The number of ether oxygens (including phenoxy) is 1. The van der Waals surface area contributed by atoms with Crippen LogP contribution in [0.3, 0.4) is 0 Å². The van der Waals surface area contributed by atoms with Crippen LogP contribution in [0.2, 0.25) is 0 Å². The van der Waals surface area contributed by atoms with Crippen molar-refractivity contribution in [2.45, 2.75) is 11.1 Å². The van der Waals surface area contributed by atoms with Crippen molar-refractivity contribution in [1.29, 1.82) is 0 Å². The van der Waals surface area contributed by atoms with Crippen molar-refractivity contribution < 1.29 is 17.9 Å². The van der Waals surface area contributed by atoms with Crippen molar-refractivity contribution in [2.24, 2.45) is 0 Å². The van der Waals surface area contributed by atoms with Crippen molar-refractivity contribution in [1.82, 2.24) is 5.32 Å². The largest absolute Gasteiger partial charge is 0.416 e. The van der Waals surface area contributed by atoms with Gasteiger partial charge in [0.2, 0.25) is 0 Å². The minimum absolute atomic E-state index is 0.299. The highest BCUT2D eigenvalue weighted by Gasteiger charge is 2.31. The van der Waals surface area contributed by atoms with E-state index in [-0.39, 0.29) is 0 Å². The van der Waals surface area contributed by atoms with Crippen LogP contribution in [-0.2, 0) is 10.9 Å². The summed E-state index contributed by atoms with van der Waals surface area (Å²) in [5.74, 6) is 0.782. The number of anilines is 2. The van der Waals surface area contributed by atoms with Gasteiger partial charge in [0, 0.05) is 30.3 Å². The third kappa shape index (κ3) is 6.52. The van der Waals surface area contributed by atoms with Crippen LogP contribution >= 0.6 is 24.0 Å². The maximum absolute atomic E-state index is 13.2. The molecule has 9 heteroatoms. The molecular weight excluding hydrogens is 419 g/mol. The molecular formula is C20H22F3N3OS2. The quantitative estimate of drug-likeness (QED) is 0.387. The number of hydrogen-bond acceptors (Lipinski definition) is 4. The monoisotopic (exact) mass is 441 g/mol. The van der Waals surface area contributed by atoms with Crippen molar-refractivity contribution >= 4 is 40.5 Å². The van der Waals surface area contributed by atoms with Crippen LogP contribution in [0.4, 0.5) is 24.5 Å². The zero-order valence-electron chi connectivity index (χ0n) is 15.7. The molecule has 2 N–H and O–H groups in total. The van der Waals surface area contributed by atoms with Crippen LogP contribution in [-0.4, -0.2) is 43.7 Å². The predicted molar refractivity (Wildman–Crippen MR) is 116 cm³/mol. The summed E-state index contributed by atoms with van der Waals surface area (Å²) >= 11 is 6.99. The van der Waals surface area contributed by atoms with E-state index in [9.17, 15) is 13.2 Å². The summed E-state index contributed by atoms with van der Waals surface area (Å²) in [6.07, 6.45) is -4.42. The number of rotatable bonds is 6.